The Morgan fingerprint density at radius 3 is 0.737 bits per heavy atom. The molecule has 2 aliphatic heterocycles. The molecular weight excluding hydrogens is 1200 g/mol. The Morgan fingerprint density at radius 2 is 0.475 bits per heavy atom. The lowest BCUT2D eigenvalue weighted by molar-refractivity contribution is 0.568. The molecule has 14 rings (SSSR count). The molecule has 0 amide bonds. The second-order valence-corrected chi connectivity index (χ2v) is 34.0. The van der Waals surface area contributed by atoms with Crippen LogP contribution in [0.25, 0.3) is 78.7 Å². The van der Waals surface area contributed by atoms with Crippen LogP contribution >= 0.6 is 0 Å². The fraction of sp³-hybridized carbons (Fsp3) is 0.258. The van der Waals surface area contributed by atoms with Crippen LogP contribution in [-0.2, 0) is 32.5 Å². The van der Waals surface area contributed by atoms with Gasteiger partial charge in [0.05, 0.1) is 0 Å². The van der Waals surface area contributed by atoms with Crippen LogP contribution in [0, 0.1) is 0 Å². The van der Waals surface area contributed by atoms with E-state index in [0.29, 0.717) is 17.5 Å². The summed E-state index contributed by atoms with van der Waals surface area (Å²) in [6.45, 7) is 42.1. The van der Waals surface area contributed by atoms with Gasteiger partial charge >= 0.3 is 0 Å². The molecule has 2 aliphatic rings. The number of anilines is 6. The van der Waals surface area contributed by atoms with E-state index in [1.165, 1.54) is 49.8 Å². The van der Waals surface area contributed by atoms with Crippen molar-refractivity contribution in [3.63, 3.8) is 0 Å². The third-order valence-electron chi connectivity index (χ3n) is 20.3. The zero-order valence-electron chi connectivity index (χ0n) is 61.4. The number of rotatable bonds is 9. The van der Waals surface area contributed by atoms with Crippen LogP contribution < -0.4 is 26.2 Å². The molecule has 0 saturated heterocycles. The van der Waals surface area contributed by atoms with Gasteiger partial charge in [-0.1, -0.05) is 282 Å². The maximum absolute atomic E-state index is 5.88. The molecule has 11 aromatic carbocycles. The fourth-order valence-corrected chi connectivity index (χ4v) is 14.3. The predicted molar refractivity (Wildman–Crippen MR) is 424 cm³/mol. The second-order valence-electron chi connectivity index (χ2n) is 34.0. The van der Waals surface area contributed by atoms with E-state index in [9.17, 15) is 0 Å². The topological polar surface area (TPSA) is 45.2 Å². The molecule has 5 nitrogen and oxygen atoms in total. The fourth-order valence-electron chi connectivity index (χ4n) is 14.3. The Morgan fingerprint density at radius 1 is 0.222 bits per heavy atom. The first-order valence-corrected chi connectivity index (χ1v) is 35.5. The molecule has 0 radical (unpaired) electrons. The van der Waals surface area contributed by atoms with Crippen LogP contribution in [0.3, 0.4) is 0 Å². The third-order valence-corrected chi connectivity index (χ3v) is 20.3. The summed E-state index contributed by atoms with van der Waals surface area (Å²) in [5, 5.41) is 0. The monoisotopic (exact) mass is 1290 g/mol. The molecule has 1 aromatic heterocycles. The van der Waals surface area contributed by atoms with Crippen molar-refractivity contribution in [3.05, 3.63) is 276 Å². The molecule has 0 bridgehead atoms. The molecule has 3 heterocycles. The summed E-state index contributed by atoms with van der Waals surface area (Å²) < 4.78 is 0. The molecule has 99 heavy (non-hydrogen) atoms. The Hall–Kier alpha value is -9.91. The van der Waals surface area contributed by atoms with Crippen molar-refractivity contribution in [3.8, 4) is 78.7 Å². The van der Waals surface area contributed by atoms with Crippen molar-refractivity contribution in [2.75, 3.05) is 9.80 Å². The number of fused-ring (bicyclic) bond motifs is 4. The molecule has 0 saturated carbocycles. The van der Waals surface area contributed by atoms with Crippen molar-refractivity contribution in [1.29, 1.82) is 0 Å². The van der Waals surface area contributed by atoms with Gasteiger partial charge in [-0.25, -0.2) is 15.0 Å². The maximum atomic E-state index is 5.88. The van der Waals surface area contributed by atoms with E-state index >= 15 is 0 Å². The second kappa shape index (κ2) is 24.5. The molecule has 494 valence electrons. The summed E-state index contributed by atoms with van der Waals surface area (Å²) in [5.41, 5.74) is 28.8. The van der Waals surface area contributed by atoms with Crippen LogP contribution in [-0.4, -0.2) is 21.7 Å². The van der Waals surface area contributed by atoms with Crippen LogP contribution in [0.1, 0.15) is 158 Å². The van der Waals surface area contributed by atoms with E-state index in [1.807, 2.05) is 0 Å². The minimum absolute atomic E-state index is 0.134. The summed E-state index contributed by atoms with van der Waals surface area (Å²) >= 11 is 0. The minimum Gasteiger partial charge on any atom is -0.311 e. The first kappa shape index (κ1) is 66.3. The predicted octanol–water partition coefficient (Wildman–Crippen LogP) is 23.4. The zero-order chi connectivity index (χ0) is 69.9. The molecule has 0 atom stereocenters. The van der Waals surface area contributed by atoms with E-state index in [-0.39, 0.29) is 39.2 Å². The molecule has 0 spiro atoms. The van der Waals surface area contributed by atoms with Gasteiger partial charge in [0.1, 0.15) is 0 Å². The quantitative estimate of drug-likeness (QED) is 0.135. The lowest BCUT2D eigenvalue weighted by Gasteiger charge is -2.45. The first-order chi connectivity index (χ1) is 46.8. The third kappa shape index (κ3) is 13.0. The van der Waals surface area contributed by atoms with Crippen LogP contribution in [0.5, 0.6) is 0 Å². The minimum atomic E-state index is -0.162. The summed E-state index contributed by atoms with van der Waals surface area (Å²) in [5.74, 6) is 1.73. The van der Waals surface area contributed by atoms with Gasteiger partial charge in [-0.05, 0) is 212 Å². The average Bonchev–Trinajstić information content (AvgIpc) is 0.692. The highest BCUT2D eigenvalue weighted by molar-refractivity contribution is 7.00. The Labute approximate surface area is 590 Å². The lowest BCUT2D eigenvalue weighted by atomic mass is 9.33. The molecule has 0 fully saturated rings. The Kier molecular flexibility index (Phi) is 16.4. The highest BCUT2D eigenvalue weighted by Gasteiger charge is 2.46. The standard InChI is InChI=1S/C93H94BN5/c1-88(2,3)70-39-41-80-78(57-70)94-79-58-71(89(4,5)6)40-42-81(79)99(77-55-74(92(13,14)15)52-75(56-77)93(16,17)18)83-50-69(49-82(84(83)94)98(80)76-53-72(90(7,8)9)51-73(54-76)91(10,11)12)87-96-85(67-45-63(59-31-23-19-24-32-59)43-64(46-67)60-33-25-20-26-34-60)95-86(97-87)68-47-65(61-35-27-21-28-36-61)44-66(48-68)62-37-29-22-30-38-62/h19-58H,1-18H3. The van der Waals surface area contributed by atoms with Crippen LogP contribution in [0.2, 0.25) is 0 Å². The SMILES string of the molecule is CC(C)(C)c1cc(N2c3ccc(C(C)(C)C)cc3B3c4cc(C(C)(C)C)ccc4N(c4cc(C(C)(C)C)cc(C(C)(C)C)c4)c4cc(-c5nc(-c6cc(-c7ccccc7)cc(-c7ccccc7)c6)nc(-c6cc(-c7ccccc7)cc(-c7ccccc7)c6)n5)cc2c43)cc(C(C)(C)C)c1. The van der Waals surface area contributed by atoms with E-state index < -0.39 is 0 Å². The van der Waals surface area contributed by atoms with Crippen molar-refractivity contribution in [1.82, 2.24) is 15.0 Å². The van der Waals surface area contributed by atoms with Gasteiger partial charge in [0.2, 0.25) is 0 Å². The van der Waals surface area contributed by atoms with Gasteiger partial charge < -0.3 is 9.80 Å². The molecule has 0 aliphatic carbocycles. The molecule has 6 heteroatoms. The van der Waals surface area contributed by atoms with Gasteiger partial charge in [-0.2, -0.15) is 0 Å². The zero-order valence-corrected chi connectivity index (χ0v) is 61.4. The number of benzene rings is 11. The van der Waals surface area contributed by atoms with Gasteiger partial charge in [0.15, 0.2) is 17.5 Å². The van der Waals surface area contributed by atoms with Gasteiger partial charge in [-0.15, -0.1) is 0 Å². The molecule has 12 aromatic rings. The summed E-state index contributed by atoms with van der Waals surface area (Å²) in [6.07, 6.45) is 0. The van der Waals surface area contributed by atoms with E-state index in [4.69, 9.17) is 15.0 Å². The highest BCUT2D eigenvalue weighted by Crippen LogP contribution is 2.50. The largest absolute Gasteiger partial charge is 0.311 e. The van der Waals surface area contributed by atoms with E-state index in [2.05, 4.69) is 377 Å². The average molecular weight is 1290 g/mol. The number of hydrogen-bond donors (Lipinski definition) is 0. The number of nitrogens with zero attached hydrogens (tertiary/aromatic N) is 5. The van der Waals surface area contributed by atoms with Crippen molar-refractivity contribution in [2.24, 2.45) is 0 Å². The molecule has 0 unspecified atom stereocenters. The maximum Gasteiger partial charge on any atom is 0.252 e. The van der Waals surface area contributed by atoms with Gasteiger partial charge in [0.25, 0.3) is 6.71 Å². The Bertz CT molecular complexity index is 4570. The van der Waals surface area contributed by atoms with E-state index in [1.54, 1.807) is 0 Å². The van der Waals surface area contributed by atoms with E-state index in [0.717, 1.165) is 95.3 Å². The summed E-state index contributed by atoms with van der Waals surface area (Å²) in [4.78, 5) is 22.7. The lowest BCUT2D eigenvalue weighted by Crippen LogP contribution is -2.61. The first-order valence-electron chi connectivity index (χ1n) is 35.5. The highest BCUT2D eigenvalue weighted by atomic mass is 15.2. The normalized spacial score (nSPS) is 13.3. The Balaban J connectivity index is 1.15. The summed E-state index contributed by atoms with van der Waals surface area (Å²) in [7, 11) is 0. The smallest absolute Gasteiger partial charge is 0.252 e. The van der Waals surface area contributed by atoms with Crippen molar-refractivity contribution in [2.45, 2.75) is 157 Å². The molecule has 0 N–H and O–H groups in total. The van der Waals surface area contributed by atoms with Crippen LogP contribution in [0.4, 0.5) is 34.1 Å². The molecular formula is C93H94BN5. The van der Waals surface area contributed by atoms with Crippen LogP contribution in [0.15, 0.2) is 243 Å². The van der Waals surface area contributed by atoms with Crippen molar-refractivity contribution < 1.29 is 0 Å². The van der Waals surface area contributed by atoms with Gasteiger partial charge in [-0.3, -0.25) is 0 Å². The number of hydrogen-bond acceptors (Lipinski definition) is 5. The van der Waals surface area contributed by atoms with Crippen molar-refractivity contribution >= 4 is 57.2 Å². The number of aromatic nitrogens is 3. The summed E-state index contributed by atoms with van der Waals surface area (Å²) in [6, 6.07) is 90.8. The van der Waals surface area contributed by atoms with Gasteiger partial charge in [0, 0.05) is 50.8 Å².